The van der Waals surface area contributed by atoms with Crippen LogP contribution in [0.25, 0.3) is 0 Å². The van der Waals surface area contributed by atoms with E-state index in [9.17, 15) is 4.79 Å². The summed E-state index contributed by atoms with van der Waals surface area (Å²) in [5.74, 6) is 0.00968. The van der Waals surface area contributed by atoms with Gasteiger partial charge in [0.05, 0.1) is 16.7 Å². The zero-order valence-corrected chi connectivity index (χ0v) is 16.6. The first kappa shape index (κ1) is 19.1. The van der Waals surface area contributed by atoms with Crippen LogP contribution >= 0.6 is 11.3 Å². The molecule has 1 atom stereocenters. The number of nitrogens with zero attached hydrogens (tertiary/aromatic N) is 2. The molecular formula is C21H29N3OS. The highest BCUT2D eigenvalue weighted by Gasteiger charge is 2.23. The number of hydrogen-bond donors (Lipinski definition) is 1. The Labute approximate surface area is 160 Å². The topological polar surface area (TPSA) is 45.2 Å². The van der Waals surface area contributed by atoms with Gasteiger partial charge in [0, 0.05) is 6.54 Å². The maximum Gasteiger partial charge on any atom is 0.263 e. The van der Waals surface area contributed by atoms with Crippen molar-refractivity contribution in [1.29, 1.82) is 0 Å². The van der Waals surface area contributed by atoms with E-state index in [4.69, 9.17) is 0 Å². The molecule has 0 radical (unpaired) electrons. The van der Waals surface area contributed by atoms with Crippen LogP contribution in [0.15, 0.2) is 30.3 Å². The molecular weight excluding hydrogens is 342 g/mol. The minimum Gasteiger partial charge on any atom is -0.349 e. The molecule has 1 fully saturated rings. The summed E-state index contributed by atoms with van der Waals surface area (Å²) in [5, 5.41) is 4.21. The molecule has 2 heterocycles. The predicted molar refractivity (Wildman–Crippen MR) is 108 cm³/mol. The van der Waals surface area contributed by atoms with Crippen molar-refractivity contribution in [3.05, 3.63) is 51.5 Å². The summed E-state index contributed by atoms with van der Waals surface area (Å²) in [6, 6.07) is 10.8. The Balaban J connectivity index is 1.72. The second kappa shape index (κ2) is 9.28. The lowest BCUT2D eigenvalue weighted by molar-refractivity contribution is 0.0936. The van der Waals surface area contributed by atoms with Crippen molar-refractivity contribution in [3.8, 4) is 0 Å². The van der Waals surface area contributed by atoms with E-state index in [0.29, 0.717) is 6.54 Å². The number of aryl methyl sites for hydroxylation is 2. The maximum absolute atomic E-state index is 12.7. The summed E-state index contributed by atoms with van der Waals surface area (Å²) in [6.07, 6.45) is 5.98. The van der Waals surface area contributed by atoms with Gasteiger partial charge in [0.25, 0.3) is 5.91 Å². The van der Waals surface area contributed by atoms with E-state index in [1.54, 1.807) is 0 Å². The molecule has 1 saturated heterocycles. The van der Waals surface area contributed by atoms with Gasteiger partial charge in [0.15, 0.2) is 0 Å². The van der Waals surface area contributed by atoms with Crippen LogP contribution < -0.4 is 5.32 Å². The Morgan fingerprint density at radius 2 is 1.88 bits per heavy atom. The third-order valence-electron chi connectivity index (χ3n) is 5.07. The number of likely N-dealkylation sites (tertiary alicyclic amines) is 1. The lowest BCUT2D eigenvalue weighted by atomic mass is 10.0. The fourth-order valence-corrected chi connectivity index (χ4v) is 4.54. The van der Waals surface area contributed by atoms with Gasteiger partial charge in [-0.15, -0.1) is 11.3 Å². The standard InChI is InChI=1S/C21H29N3OS/c1-3-19-23-16(2)20(26-19)21(25)22-15-18(17-11-7-6-8-12-17)24-13-9-4-5-10-14-24/h6-8,11-12,18H,3-5,9-10,13-15H2,1-2H3,(H,22,25). The van der Waals surface area contributed by atoms with Crippen LogP contribution in [0.4, 0.5) is 0 Å². The van der Waals surface area contributed by atoms with Gasteiger partial charge in [-0.2, -0.15) is 0 Å². The number of amides is 1. The fraction of sp³-hybridized carbons (Fsp3) is 0.524. The van der Waals surface area contributed by atoms with E-state index in [2.05, 4.69) is 52.5 Å². The smallest absolute Gasteiger partial charge is 0.263 e. The van der Waals surface area contributed by atoms with Crippen LogP contribution in [0, 0.1) is 6.92 Å². The van der Waals surface area contributed by atoms with E-state index in [1.165, 1.54) is 42.6 Å². The molecule has 140 valence electrons. The second-order valence-electron chi connectivity index (χ2n) is 6.96. The monoisotopic (exact) mass is 371 g/mol. The third-order valence-corrected chi connectivity index (χ3v) is 6.37. The van der Waals surface area contributed by atoms with Gasteiger partial charge in [0.2, 0.25) is 0 Å². The molecule has 1 amide bonds. The van der Waals surface area contributed by atoms with E-state index >= 15 is 0 Å². The highest BCUT2D eigenvalue weighted by molar-refractivity contribution is 7.13. The minimum atomic E-state index is 0.00968. The number of aromatic nitrogens is 1. The zero-order chi connectivity index (χ0) is 18.4. The van der Waals surface area contributed by atoms with Crippen molar-refractivity contribution < 1.29 is 4.79 Å². The summed E-state index contributed by atoms with van der Waals surface area (Å²) in [4.78, 5) is 20.5. The minimum absolute atomic E-state index is 0.00968. The van der Waals surface area contributed by atoms with E-state index in [-0.39, 0.29) is 11.9 Å². The average molecular weight is 372 g/mol. The van der Waals surface area contributed by atoms with Crippen molar-refractivity contribution in [2.24, 2.45) is 0 Å². The highest BCUT2D eigenvalue weighted by Crippen LogP contribution is 2.24. The number of nitrogens with one attached hydrogen (secondary N) is 1. The Morgan fingerprint density at radius 3 is 2.50 bits per heavy atom. The van der Waals surface area contributed by atoms with Gasteiger partial charge in [-0.1, -0.05) is 50.1 Å². The van der Waals surface area contributed by atoms with Gasteiger partial charge in [-0.25, -0.2) is 4.98 Å². The molecule has 0 bridgehead atoms. The number of thiazole rings is 1. The molecule has 1 N–H and O–H groups in total. The Bertz CT molecular complexity index is 705. The van der Waals surface area contributed by atoms with Crippen molar-refractivity contribution in [2.45, 2.75) is 52.0 Å². The molecule has 1 unspecified atom stereocenters. The van der Waals surface area contributed by atoms with Crippen LogP contribution in [0.3, 0.4) is 0 Å². The van der Waals surface area contributed by atoms with Crippen molar-refractivity contribution in [3.63, 3.8) is 0 Å². The first-order valence-electron chi connectivity index (χ1n) is 9.72. The summed E-state index contributed by atoms with van der Waals surface area (Å²) in [7, 11) is 0. The Morgan fingerprint density at radius 1 is 1.19 bits per heavy atom. The first-order valence-corrected chi connectivity index (χ1v) is 10.5. The van der Waals surface area contributed by atoms with Crippen LogP contribution in [-0.4, -0.2) is 35.4 Å². The summed E-state index contributed by atoms with van der Waals surface area (Å²) in [6.45, 7) is 6.85. The molecule has 0 aliphatic carbocycles. The molecule has 0 saturated carbocycles. The molecule has 4 nitrogen and oxygen atoms in total. The van der Waals surface area contributed by atoms with E-state index in [0.717, 1.165) is 35.1 Å². The van der Waals surface area contributed by atoms with Gasteiger partial charge >= 0.3 is 0 Å². The summed E-state index contributed by atoms with van der Waals surface area (Å²) >= 11 is 1.52. The molecule has 5 heteroatoms. The Hall–Kier alpha value is -1.72. The largest absolute Gasteiger partial charge is 0.349 e. The van der Waals surface area contributed by atoms with Crippen LogP contribution in [0.2, 0.25) is 0 Å². The molecule has 2 aromatic rings. The lowest BCUT2D eigenvalue weighted by Gasteiger charge is -2.31. The quantitative estimate of drug-likeness (QED) is 0.820. The van der Waals surface area contributed by atoms with Crippen LogP contribution in [-0.2, 0) is 6.42 Å². The van der Waals surface area contributed by atoms with Crippen molar-refractivity contribution in [2.75, 3.05) is 19.6 Å². The van der Waals surface area contributed by atoms with Gasteiger partial charge in [-0.05, 0) is 44.8 Å². The number of benzene rings is 1. The number of carbonyl (C=O) groups is 1. The lowest BCUT2D eigenvalue weighted by Crippen LogP contribution is -2.38. The molecule has 0 spiro atoms. The number of rotatable bonds is 6. The van der Waals surface area contributed by atoms with Crippen LogP contribution in [0.1, 0.15) is 64.6 Å². The average Bonchev–Trinajstić information content (AvgIpc) is 2.86. The summed E-state index contributed by atoms with van der Waals surface area (Å²) in [5.41, 5.74) is 2.13. The van der Waals surface area contributed by atoms with Gasteiger partial charge < -0.3 is 5.32 Å². The van der Waals surface area contributed by atoms with Crippen molar-refractivity contribution in [1.82, 2.24) is 15.2 Å². The molecule has 3 rings (SSSR count). The molecule has 1 aromatic carbocycles. The number of hydrogen-bond acceptors (Lipinski definition) is 4. The second-order valence-corrected chi connectivity index (χ2v) is 8.05. The molecule has 1 aliphatic rings. The number of carbonyl (C=O) groups excluding carboxylic acids is 1. The van der Waals surface area contributed by atoms with Gasteiger partial charge in [-0.3, -0.25) is 9.69 Å². The highest BCUT2D eigenvalue weighted by atomic mass is 32.1. The molecule has 1 aromatic heterocycles. The normalized spacial score (nSPS) is 16.8. The first-order chi connectivity index (χ1) is 12.7. The Kier molecular flexibility index (Phi) is 6.80. The summed E-state index contributed by atoms with van der Waals surface area (Å²) < 4.78 is 0. The van der Waals surface area contributed by atoms with Gasteiger partial charge in [0.1, 0.15) is 4.88 Å². The zero-order valence-electron chi connectivity index (χ0n) is 15.8. The van der Waals surface area contributed by atoms with E-state index < -0.39 is 0 Å². The third kappa shape index (κ3) is 4.71. The van der Waals surface area contributed by atoms with Crippen molar-refractivity contribution >= 4 is 17.2 Å². The fourth-order valence-electron chi connectivity index (χ4n) is 3.62. The predicted octanol–water partition coefficient (Wildman–Crippen LogP) is 4.36. The van der Waals surface area contributed by atoms with Crippen LogP contribution in [0.5, 0.6) is 0 Å². The molecule has 26 heavy (non-hydrogen) atoms. The maximum atomic E-state index is 12.7. The SMILES string of the molecule is CCc1nc(C)c(C(=O)NCC(c2ccccc2)N2CCCCCC2)s1. The molecule has 1 aliphatic heterocycles. The van der Waals surface area contributed by atoms with E-state index in [1.807, 2.05) is 6.92 Å².